The maximum absolute atomic E-state index is 4.43. The molecule has 1 heterocycles. The quantitative estimate of drug-likeness (QED) is 0.923. The molecule has 1 aromatic carbocycles. The van der Waals surface area contributed by atoms with Crippen LogP contribution in [0.3, 0.4) is 0 Å². The van der Waals surface area contributed by atoms with Gasteiger partial charge in [-0.15, -0.1) is 0 Å². The molecule has 0 saturated heterocycles. The first kappa shape index (κ1) is 13.5. The first-order valence-corrected chi connectivity index (χ1v) is 7.66. The van der Waals surface area contributed by atoms with Crippen molar-refractivity contribution >= 4 is 11.0 Å². The van der Waals surface area contributed by atoms with E-state index >= 15 is 0 Å². The van der Waals surface area contributed by atoms with Gasteiger partial charge in [-0.25, -0.2) is 0 Å². The monoisotopic (exact) mass is 269 g/mol. The van der Waals surface area contributed by atoms with E-state index < -0.39 is 0 Å². The lowest BCUT2D eigenvalue weighted by Crippen LogP contribution is -2.28. The molecule has 1 aliphatic rings. The zero-order valence-electron chi connectivity index (χ0n) is 12.3. The largest absolute Gasteiger partial charge is 0.313 e. The van der Waals surface area contributed by atoms with E-state index in [1.807, 2.05) is 0 Å². The Morgan fingerprint density at radius 3 is 2.45 bits per heavy atom. The van der Waals surface area contributed by atoms with Gasteiger partial charge in [0, 0.05) is 18.4 Å². The van der Waals surface area contributed by atoms with Crippen molar-refractivity contribution < 1.29 is 0 Å². The van der Waals surface area contributed by atoms with Crippen LogP contribution in [0.2, 0.25) is 0 Å². The van der Waals surface area contributed by atoms with Gasteiger partial charge in [0.1, 0.15) is 0 Å². The Balaban J connectivity index is 1.87. The van der Waals surface area contributed by atoms with Gasteiger partial charge in [-0.05, 0) is 49.4 Å². The number of benzene rings is 1. The predicted octanol–water partition coefficient (Wildman–Crippen LogP) is 3.72. The average Bonchev–Trinajstić information content (AvgIpc) is 2.50. The number of hydrogen-bond acceptors (Lipinski definition) is 3. The minimum Gasteiger partial charge on any atom is -0.313 e. The molecule has 1 unspecified atom stereocenters. The molecule has 1 fully saturated rings. The fourth-order valence-corrected chi connectivity index (χ4v) is 3.47. The van der Waals surface area contributed by atoms with Crippen LogP contribution in [-0.2, 0) is 0 Å². The first-order valence-electron chi connectivity index (χ1n) is 7.66. The lowest BCUT2D eigenvalue weighted by Gasteiger charge is -2.33. The first-order chi connectivity index (χ1) is 9.78. The molecule has 1 N–H and O–H groups in total. The summed E-state index contributed by atoms with van der Waals surface area (Å²) in [6.07, 6.45) is 8.88. The SMILES string of the molecule is CNC(c1ccc2nccnc2c1)C1CCC(C)CC1. The highest BCUT2D eigenvalue weighted by atomic mass is 14.9. The van der Waals surface area contributed by atoms with E-state index in [0.717, 1.165) is 22.9 Å². The minimum atomic E-state index is 0.439. The Bertz CT molecular complexity index is 573. The highest BCUT2D eigenvalue weighted by Crippen LogP contribution is 2.36. The molecule has 1 aliphatic carbocycles. The van der Waals surface area contributed by atoms with E-state index in [1.54, 1.807) is 12.4 Å². The van der Waals surface area contributed by atoms with Crippen molar-refractivity contribution in [2.24, 2.45) is 11.8 Å². The number of fused-ring (bicyclic) bond motifs is 1. The number of hydrogen-bond donors (Lipinski definition) is 1. The summed E-state index contributed by atoms with van der Waals surface area (Å²) in [7, 11) is 2.07. The highest BCUT2D eigenvalue weighted by Gasteiger charge is 2.26. The Morgan fingerprint density at radius 1 is 1.05 bits per heavy atom. The van der Waals surface area contributed by atoms with E-state index in [2.05, 4.69) is 47.5 Å². The third kappa shape index (κ3) is 2.68. The summed E-state index contributed by atoms with van der Waals surface area (Å²) in [6.45, 7) is 2.37. The molecule has 3 heteroatoms. The predicted molar refractivity (Wildman–Crippen MR) is 82.5 cm³/mol. The lowest BCUT2D eigenvalue weighted by atomic mass is 9.77. The summed E-state index contributed by atoms with van der Waals surface area (Å²) >= 11 is 0. The van der Waals surface area contributed by atoms with Crippen molar-refractivity contribution in [2.45, 2.75) is 38.6 Å². The van der Waals surface area contributed by atoms with Gasteiger partial charge in [-0.3, -0.25) is 9.97 Å². The van der Waals surface area contributed by atoms with E-state index in [4.69, 9.17) is 0 Å². The zero-order chi connectivity index (χ0) is 13.9. The van der Waals surface area contributed by atoms with Crippen LogP contribution in [0.15, 0.2) is 30.6 Å². The van der Waals surface area contributed by atoms with Crippen molar-refractivity contribution in [1.29, 1.82) is 0 Å². The zero-order valence-corrected chi connectivity index (χ0v) is 12.3. The fourth-order valence-electron chi connectivity index (χ4n) is 3.47. The summed E-state index contributed by atoms with van der Waals surface area (Å²) in [5, 5.41) is 3.52. The topological polar surface area (TPSA) is 37.8 Å². The van der Waals surface area contributed by atoms with E-state index in [1.165, 1.54) is 31.2 Å². The lowest BCUT2D eigenvalue weighted by molar-refractivity contribution is 0.238. The molecule has 1 saturated carbocycles. The van der Waals surface area contributed by atoms with Gasteiger partial charge in [-0.1, -0.05) is 25.8 Å². The van der Waals surface area contributed by atoms with Crippen LogP contribution < -0.4 is 5.32 Å². The van der Waals surface area contributed by atoms with E-state index in [0.29, 0.717) is 6.04 Å². The van der Waals surface area contributed by atoms with Gasteiger partial charge in [-0.2, -0.15) is 0 Å². The van der Waals surface area contributed by atoms with Crippen LogP contribution in [0, 0.1) is 11.8 Å². The van der Waals surface area contributed by atoms with Crippen molar-refractivity contribution in [3.05, 3.63) is 36.2 Å². The van der Waals surface area contributed by atoms with Crippen LogP contribution in [0.5, 0.6) is 0 Å². The third-order valence-corrected chi connectivity index (χ3v) is 4.70. The summed E-state index contributed by atoms with van der Waals surface area (Å²) in [5.74, 6) is 1.64. The highest BCUT2D eigenvalue weighted by molar-refractivity contribution is 5.74. The molecule has 3 rings (SSSR count). The summed E-state index contributed by atoms with van der Waals surface area (Å²) < 4.78 is 0. The Kier molecular flexibility index (Phi) is 3.97. The Hall–Kier alpha value is -1.48. The van der Waals surface area contributed by atoms with E-state index in [-0.39, 0.29) is 0 Å². The second kappa shape index (κ2) is 5.88. The van der Waals surface area contributed by atoms with Crippen LogP contribution in [0.4, 0.5) is 0 Å². The number of nitrogens with one attached hydrogen (secondary N) is 1. The smallest absolute Gasteiger partial charge is 0.0890 e. The van der Waals surface area contributed by atoms with Crippen LogP contribution >= 0.6 is 0 Å². The standard InChI is InChI=1S/C17H23N3/c1-12-3-5-13(6-4-12)17(18-2)14-7-8-15-16(11-14)20-10-9-19-15/h7-13,17-18H,3-6H2,1-2H3. The Labute approximate surface area is 120 Å². The molecule has 106 valence electrons. The molecule has 0 spiro atoms. The van der Waals surface area contributed by atoms with Crippen LogP contribution in [-0.4, -0.2) is 17.0 Å². The Morgan fingerprint density at radius 2 is 1.75 bits per heavy atom. The van der Waals surface area contributed by atoms with Gasteiger partial charge in [0.15, 0.2) is 0 Å². The van der Waals surface area contributed by atoms with Crippen LogP contribution in [0.25, 0.3) is 11.0 Å². The fraction of sp³-hybridized carbons (Fsp3) is 0.529. The molecule has 1 aromatic heterocycles. The second-order valence-electron chi connectivity index (χ2n) is 6.09. The molecule has 0 radical (unpaired) electrons. The van der Waals surface area contributed by atoms with E-state index in [9.17, 15) is 0 Å². The number of rotatable bonds is 3. The molecule has 2 aromatic rings. The molecular weight excluding hydrogens is 246 g/mol. The molecule has 20 heavy (non-hydrogen) atoms. The van der Waals surface area contributed by atoms with Crippen molar-refractivity contribution in [2.75, 3.05) is 7.05 Å². The van der Waals surface area contributed by atoms with Crippen LogP contribution in [0.1, 0.15) is 44.2 Å². The minimum absolute atomic E-state index is 0.439. The third-order valence-electron chi connectivity index (χ3n) is 4.70. The average molecular weight is 269 g/mol. The maximum atomic E-state index is 4.43. The van der Waals surface area contributed by atoms with Gasteiger partial charge < -0.3 is 5.32 Å². The molecule has 0 aliphatic heterocycles. The normalized spacial score (nSPS) is 24.7. The molecule has 0 bridgehead atoms. The second-order valence-corrected chi connectivity index (χ2v) is 6.09. The van der Waals surface area contributed by atoms with Gasteiger partial charge in [0.05, 0.1) is 11.0 Å². The van der Waals surface area contributed by atoms with Gasteiger partial charge in [0.25, 0.3) is 0 Å². The van der Waals surface area contributed by atoms with Gasteiger partial charge >= 0.3 is 0 Å². The van der Waals surface area contributed by atoms with Crippen molar-refractivity contribution in [3.8, 4) is 0 Å². The molecule has 1 atom stereocenters. The van der Waals surface area contributed by atoms with Gasteiger partial charge in [0.2, 0.25) is 0 Å². The summed E-state index contributed by atoms with van der Waals surface area (Å²) in [4.78, 5) is 8.77. The summed E-state index contributed by atoms with van der Waals surface area (Å²) in [5.41, 5.74) is 3.32. The summed E-state index contributed by atoms with van der Waals surface area (Å²) in [6, 6.07) is 6.93. The number of aromatic nitrogens is 2. The van der Waals surface area contributed by atoms with Crippen molar-refractivity contribution in [3.63, 3.8) is 0 Å². The molecular formula is C17H23N3. The number of nitrogens with zero attached hydrogens (tertiary/aromatic N) is 2. The molecule has 3 nitrogen and oxygen atoms in total. The van der Waals surface area contributed by atoms with Crippen molar-refractivity contribution in [1.82, 2.24) is 15.3 Å². The molecule has 0 amide bonds. The maximum Gasteiger partial charge on any atom is 0.0890 e.